The summed E-state index contributed by atoms with van der Waals surface area (Å²) < 4.78 is 85.1. The molecule has 6 atom stereocenters. The van der Waals surface area contributed by atoms with E-state index in [1.807, 2.05) is 113 Å². The molecule has 146 heavy (non-hydrogen) atoms. The monoisotopic (exact) mass is 2070 g/mol. The van der Waals surface area contributed by atoms with Gasteiger partial charge in [-0.3, -0.25) is 71.8 Å². The van der Waals surface area contributed by atoms with Gasteiger partial charge in [0.25, 0.3) is 34.4 Å². The van der Waals surface area contributed by atoms with Crippen molar-refractivity contribution in [2.24, 2.45) is 0 Å². The van der Waals surface area contributed by atoms with Gasteiger partial charge in [-0.1, -0.05) is 133 Å². The van der Waals surface area contributed by atoms with E-state index in [-0.39, 0.29) is 181 Å². The normalized spacial score (nSPS) is 17.6. The average Bonchev–Trinajstić information content (AvgIpc) is 0.885. The lowest BCUT2D eigenvalue weighted by Crippen LogP contribution is -2.67. The van der Waals surface area contributed by atoms with Crippen LogP contribution in [0.3, 0.4) is 0 Å². The molecule has 14 heterocycles. The Bertz CT molecular complexity index is 7910. The molecule has 19 rings (SSSR count). The number of carbonyl (C=O) groups excluding carboxylic acids is 6. The van der Waals surface area contributed by atoms with Crippen molar-refractivity contribution in [1.82, 2.24) is 58.2 Å². The van der Waals surface area contributed by atoms with Gasteiger partial charge in [0.2, 0.25) is 17.7 Å². The fraction of sp³-hybridized carbons (Fsp3) is 0.327. The number of amides is 6. The van der Waals surface area contributed by atoms with Gasteiger partial charge in [-0.15, -0.1) is 0 Å². The molecular weight excluding hydrogens is 1960 g/mol. The van der Waals surface area contributed by atoms with E-state index in [0.717, 1.165) is 29.0 Å². The smallest absolute Gasteiger partial charge is 0.283 e. The second-order valence-corrected chi connectivity index (χ2v) is 40.6. The molecule has 0 aliphatic carbocycles. The van der Waals surface area contributed by atoms with Gasteiger partial charge < -0.3 is 64.9 Å². The van der Waals surface area contributed by atoms with Gasteiger partial charge in [0.1, 0.15) is 75.3 Å². The third kappa shape index (κ3) is 16.9. The lowest BCUT2D eigenvalue weighted by Gasteiger charge is -2.50. The number of nitrogens with two attached hydrogens (primary N) is 1. The number of hydrogen-bond acceptors (Lipinski definition) is 22. The van der Waals surface area contributed by atoms with Crippen molar-refractivity contribution in [3.05, 3.63) is 250 Å². The minimum absolute atomic E-state index is 0.00478. The Balaban J connectivity index is 0.000000150. The number of pyridine rings is 7. The average molecular weight is 2070 g/mol. The number of aromatic hydroxyl groups is 2. The number of rotatable bonds is 17. The molecule has 0 bridgehead atoms. The molecule has 3 saturated heterocycles. The van der Waals surface area contributed by atoms with Crippen LogP contribution in [0.25, 0.3) is 93.6 Å². The number of halogens is 8. The number of likely N-dealkylation sites (N-methyl/N-ethyl adjacent to an activating group) is 3. The van der Waals surface area contributed by atoms with Gasteiger partial charge >= 0.3 is 0 Å². The number of phenolic OH excluding ortho intramolecular Hbond substituents is 2. The number of nitrogen functional groups attached to an aromatic ring is 1. The first-order valence-electron chi connectivity index (χ1n) is 47.7. The summed E-state index contributed by atoms with van der Waals surface area (Å²) in [5, 5.41) is 22.4. The van der Waals surface area contributed by atoms with E-state index in [9.17, 15) is 53.0 Å². The molecule has 6 unspecified atom stereocenters. The summed E-state index contributed by atoms with van der Waals surface area (Å²) >= 11 is 21.8. The second-order valence-electron chi connectivity index (χ2n) is 38.3. The summed E-state index contributed by atoms with van der Waals surface area (Å²) in [6.45, 7) is 34.9. The number of aryl methyl sites for hydroxylation is 3. The third-order valence-corrected chi connectivity index (χ3v) is 30.0. The number of benzene rings is 5. The number of hydrogen-bond donors (Lipinski definition) is 3. The predicted octanol–water partition coefficient (Wildman–Crippen LogP) is 17.3. The largest absolute Gasteiger partial charge is 0.507 e. The van der Waals surface area contributed by atoms with Gasteiger partial charge in [0.05, 0.1) is 118 Å². The third-order valence-electron chi connectivity index (χ3n) is 28.1. The fourth-order valence-electron chi connectivity index (χ4n) is 21.1. The highest BCUT2D eigenvalue weighted by Crippen LogP contribution is 2.53. The summed E-state index contributed by atoms with van der Waals surface area (Å²) in [5.41, 5.74) is 9.64. The lowest BCUT2D eigenvalue weighted by molar-refractivity contribution is -0.132. The number of nitrogens with zero attached hydrogens (tertiary/aromatic N) is 18. The second kappa shape index (κ2) is 39.8. The number of carbonyl (C=O) groups is 6. The first-order valence-corrected chi connectivity index (χ1v) is 49.7. The number of anilines is 7. The first-order chi connectivity index (χ1) is 69.4. The molecule has 13 aromatic rings. The van der Waals surface area contributed by atoms with E-state index >= 15 is 22.4 Å². The Morgan fingerprint density at radius 3 is 1.32 bits per heavy atom. The summed E-state index contributed by atoms with van der Waals surface area (Å²) in [4.78, 5) is 165. The molecule has 0 radical (unpaired) electrons. The summed E-state index contributed by atoms with van der Waals surface area (Å²) in [7, 11) is 6.74. The van der Waals surface area contributed by atoms with Gasteiger partial charge in [-0.05, 0) is 180 Å². The molecule has 6 aliphatic heterocycles. The van der Waals surface area contributed by atoms with E-state index in [0.29, 0.717) is 91.7 Å². The van der Waals surface area contributed by atoms with Crippen LogP contribution >= 0.6 is 46.1 Å². The maximum absolute atomic E-state index is 17.7. The number of thiazole rings is 1. The van der Waals surface area contributed by atoms with Gasteiger partial charge in [0, 0.05) is 116 Å². The molecule has 30 nitrogen and oxygen atoms in total. The van der Waals surface area contributed by atoms with Gasteiger partial charge in [0.15, 0.2) is 16.8 Å². The van der Waals surface area contributed by atoms with Crippen molar-refractivity contribution in [2.45, 2.75) is 150 Å². The lowest BCUT2D eigenvalue weighted by atomic mass is 9.94. The standard InChI is InChI=1S/C38H41ClF2N6O4.C35H34ClF2N5O4.C34H32ClFN8O3S/c1-8-22-13-14-42-32(20(3)4)33(22)47-34-23(17-24(39)29(31(34)41)30-25(40)11-10-12-27(30)48)35-36(38(47)51)44(16-15-43(6)7)37(50)26-19-45(28(49)9-2)21(5)18-46(26)35;1-7-19-12-13-39-29(17(3)4)30(19)43-31-20(14-21(36)26(28(31)38)27-22(37)10-9-11-24(27)44)32-33(35(43)47)40(6)34(46)23-16-41(25(45)8-2)18(5)15-42(23)32;1-7-23(45)42-14-22-32(46)41(6)29-28(43(22)13-17(42)5)19-12-20(35)25(18-8-9-21(36)26-30(18)48-34(37)40-26)39-31(19)44(33(29)47)27-16(4)10-11-38-24(27)15(2)3/h9-14,17,20-21,26,48H,2,8,15-16,18-19H2,1,3-7H3;8-14,17-18,23,44H,2,7,15-16H2,1,3-6H3;7-12,15,17,22H,1,13-14H2,2-6H3,(H2,37,40). The van der Waals surface area contributed by atoms with Crippen LogP contribution in [0.1, 0.15) is 128 Å². The molecule has 5 aromatic carbocycles. The zero-order chi connectivity index (χ0) is 105. The number of aromatic nitrogens is 8. The van der Waals surface area contributed by atoms with Crippen LogP contribution in [0.5, 0.6) is 11.5 Å². The molecule has 0 spiro atoms. The number of phenols is 2. The molecule has 39 heteroatoms. The highest BCUT2D eigenvalue weighted by atomic mass is 35.5. The molecule has 3 fully saturated rings. The predicted molar refractivity (Wildman–Crippen MR) is 563 cm³/mol. The Kier molecular flexibility index (Phi) is 28.1. The number of fused-ring (bicyclic) bond motifs is 16. The van der Waals surface area contributed by atoms with Crippen molar-refractivity contribution in [3.8, 4) is 62.1 Å². The Hall–Kier alpha value is -14.5. The zero-order valence-corrected chi connectivity index (χ0v) is 86.1. The molecule has 8 aromatic heterocycles. The Labute approximate surface area is 855 Å². The minimum atomic E-state index is -1.03. The molecule has 0 saturated carbocycles. The Morgan fingerprint density at radius 2 is 0.897 bits per heavy atom. The van der Waals surface area contributed by atoms with Gasteiger partial charge in [-0.25, -0.2) is 31.9 Å². The van der Waals surface area contributed by atoms with Crippen LogP contribution in [0.2, 0.25) is 15.1 Å². The maximum atomic E-state index is 17.7. The van der Waals surface area contributed by atoms with Crippen molar-refractivity contribution in [1.29, 1.82) is 0 Å². The van der Waals surface area contributed by atoms with Crippen molar-refractivity contribution in [2.75, 3.05) is 116 Å². The van der Waals surface area contributed by atoms with Crippen molar-refractivity contribution < 1.29 is 60.9 Å². The van der Waals surface area contributed by atoms with E-state index in [1.165, 1.54) is 96.1 Å². The van der Waals surface area contributed by atoms with Gasteiger partial charge in [-0.2, -0.15) is 0 Å². The molecule has 758 valence electrons. The Morgan fingerprint density at radius 1 is 0.500 bits per heavy atom. The van der Waals surface area contributed by atoms with Crippen LogP contribution in [-0.4, -0.2) is 221 Å². The van der Waals surface area contributed by atoms with Crippen LogP contribution in [-0.2, 0) is 41.6 Å². The molecular formula is C107H107Cl3F5N19O11S. The minimum Gasteiger partial charge on any atom is -0.507 e. The maximum Gasteiger partial charge on any atom is 0.283 e. The summed E-state index contributed by atoms with van der Waals surface area (Å²) in [5.74, 6) is -8.00. The molecule has 6 amide bonds. The molecule has 4 N–H and O–H groups in total. The zero-order valence-electron chi connectivity index (χ0n) is 83.1. The van der Waals surface area contributed by atoms with Crippen molar-refractivity contribution >= 4 is 164 Å². The topological polar surface area (TPSA) is 332 Å². The number of piperazine rings is 3. The van der Waals surface area contributed by atoms with E-state index in [4.69, 9.17) is 45.5 Å². The van der Waals surface area contributed by atoms with Crippen LogP contribution in [0, 0.1) is 36.0 Å². The summed E-state index contributed by atoms with van der Waals surface area (Å²) in [6, 6.07) is 16.4. The van der Waals surface area contributed by atoms with Crippen LogP contribution in [0.4, 0.5) is 61.2 Å². The highest BCUT2D eigenvalue weighted by molar-refractivity contribution is 7.22. The van der Waals surface area contributed by atoms with Crippen molar-refractivity contribution in [3.63, 3.8) is 0 Å². The van der Waals surface area contributed by atoms with Crippen LogP contribution in [0.15, 0.2) is 156 Å². The summed E-state index contributed by atoms with van der Waals surface area (Å²) in [6.07, 6.45) is 9.52. The quantitative estimate of drug-likeness (QED) is 0.0563. The van der Waals surface area contributed by atoms with E-state index < -0.39 is 116 Å². The fourth-order valence-corrected chi connectivity index (χ4v) is 22.8. The van der Waals surface area contributed by atoms with Crippen LogP contribution < -0.4 is 51.8 Å². The SMILES string of the molecule is C=CC(=O)N1CC2C(=O)N(C)c3c(c4cc(Cl)c(-c5c(O)cccc5F)c(F)c4n(-c4c(CC)ccnc4C(C)C)c3=O)N2CC1C.C=CC(=O)N1CC2C(=O)N(C)c3c(c4cc(Cl)c(-c5ccc(F)c6nc(N)sc56)nc4n(-c4c(C)ccnc4C(C)C)c3=O)N2CC1C.C=CC(=O)N1CC2C(=O)N(CCN(C)C)c3c(c4cc(Cl)c(-c5c(O)cccc5F)c(F)c4n(-c4c(CC)ccnc4C(C)C)c3=O)N2CC1C. The highest BCUT2D eigenvalue weighted by Gasteiger charge is 2.52. The first kappa shape index (κ1) is 103. The molecule has 6 aliphatic rings. The van der Waals surface area contributed by atoms with E-state index in [2.05, 4.69) is 39.7 Å². The van der Waals surface area contributed by atoms with E-state index in [1.54, 1.807) is 74.4 Å².